The van der Waals surface area contributed by atoms with Crippen molar-refractivity contribution in [2.75, 3.05) is 60.6 Å². The fourth-order valence-corrected chi connectivity index (χ4v) is 12.6. The van der Waals surface area contributed by atoms with Crippen molar-refractivity contribution in [1.29, 1.82) is 0 Å². The van der Waals surface area contributed by atoms with E-state index in [9.17, 15) is 24.6 Å². The summed E-state index contributed by atoms with van der Waals surface area (Å²) in [4.78, 5) is 40.5. The van der Waals surface area contributed by atoms with E-state index in [1.807, 2.05) is 0 Å². The maximum Gasteiger partial charge on any atom is 0.340 e. The molecule has 1 aromatic rings. The third-order valence-electron chi connectivity index (χ3n) is 14.0. The Morgan fingerprint density at radius 1 is 1.00 bits per heavy atom. The van der Waals surface area contributed by atoms with E-state index in [1.165, 1.54) is 7.11 Å². The van der Waals surface area contributed by atoms with Gasteiger partial charge in [-0.1, -0.05) is 19.1 Å². The molecule has 13 atom stereocenters. The van der Waals surface area contributed by atoms with Crippen molar-refractivity contribution < 1.29 is 53.0 Å². The van der Waals surface area contributed by atoms with E-state index >= 15 is 0 Å². The number of likely N-dealkylation sites (tertiary alicyclic amines) is 1. The number of nitrogens with zero attached hydrogens (tertiary/aromatic N) is 1. The van der Waals surface area contributed by atoms with Crippen molar-refractivity contribution in [2.45, 2.75) is 87.1 Å². The van der Waals surface area contributed by atoms with E-state index in [0.29, 0.717) is 25.9 Å². The van der Waals surface area contributed by atoms with Crippen LogP contribution < -0.4 is 5.32 Å². The van der Waals surface area contributed by atoms with Crippen LogP contribution in [0.5, 0.6) is 0 Å². The zero-order valence-corrected chi connectivity index (χ0v) is 29.9. The molecule has 276 valence electrons. The van der Waals surface area contributed by atoms with Gasteiger partial charge in [0.2, 0.25) is 5.91 Å². The highest BCUT2D eigenvalue weighted by Crippen LogP contribution is 2.80. The minimum Gasteiger partial charge on any atom is -0.469 e. The molecule has 3 N–H and O–H groups in total. The van der Waals surface area contributed by atoms with Crippen LogP contribution in [0.25, 0.3) is 0 Å². The molecule has 50 heavy (non-hydrogen) atoms. The number of esters is 2. The van der Waals surface area contributed by atoms with Gasteiger partial charge < -0.3 is 44.0 Å². The molecule has 1 aliphatic heterocycles. The highest BCUT2D eigenvalue weighted by atomic mass is 16.5. The zero-order chi connectivity index (χ0) is 35.8. The summed E-state index contributed by atoms with van der Waals surface area (Å²) in [6.07, 6.45) is 0.548. The fourth-order valence-electron chi connectivity index (χ4n) is 12.6. The maximum absolute atomic E-state index is 13.9. The molecule has 1 amide bonds. The van der Waals surface area contributed by atoms with Gasteiger partial charge in [-0.25, -0.2) is 4.79 Å². The van der Waals surface area contributed by atoms with Crippen LogP contribution in [0.4, 0.5) is 5.69 Å². The number of benzene rings is 1. The molecule has 6 aliphatic rings. The van der Waals surface area contributed by atoms with Crippen molar-refractivity contribution in [2.24, 2.45) is 34.5 Å². The summed E-state index contributed by atoms with van der Waals surface area (Å²) in [5.41, 5.74) is -4.06. The predicted octanol–water partition coefficient (Wildman–Crippen LogP) is 2.03. The summed E-state index contributed by atoms with van der Waals surface area (Å²) in [7, 11) is 7.95. The van der Waals surface area contributed by atoms with Crippen LogP contribution in [0.2, 0.25) is 0 Å². The smallest absolute Gasteiger partial charge is 0.340 e. The first-order chi connectivity index (χ1) is 24.0. The van der Waals surface area contributed by atoms with E-state index in [2.05, 4.69) is 21.9 Å². The molecular formula is C37H52N2O11. The number of likely N-dealkylation sites (N-methyl/N-ethyl adjacent to an activating group) is 1. The van der Waals surface area contributed by atoms with Gasteiger partial charge in [-0.3, -0.25) is 14.5 Å². The first kappa shape index (κ1) is 35.7. The second-order valence-electron chi connectivity index (χ2n) is 15.4. The monoisotopic (exact) mass is 700 g/mol. The minimum absolute atomic E-state index is 0.0420. The van der Waals surface area contributed by atoms with Gasteiger partial charge in [-0.15, -0.1) is 0 Å². The van der Waals surface area contributed by atoms with Gasteiger partial charge in [0.25, 0.3) is 0 Å². The topological polar surface area (TPSA) is 162 Å². The number of para-hydroxylation sites is 1. The third kappa shape index (κ3) is 4.53. The normalized spacial score (nSPS) is 43.7. The van der Waals surface area contributed by atoms with Crippen LogP contribution in [0.15, 0.2) is 24.3 Å². The molecule has 13 nitrogen and oxygen atoms in total. The Kier molecular flexibility index (Phi) is 9.14. The minimum atomic E-state index is -1.69. The molecule has 0 aromatic heterocycles. The number of amides is 1. The number of hydrogen-bond acceptors (Lipinski definition) is 12. The summed E-state index contributed by atoms with van der Waals surface area (Å²) < 4.78 is 35.9. The van der Waals surface area contributed by atoms with Gasteiger partial charge in [0.15, 0.2) is 0 Å². The van der Waals surface area contributed by atoms with E-state index < -0.39 is 52.0 Å². The van der Waals surface area contributed by atoms with Crippen molar-refractivity contribution >= 4 is 23.5 Å². The molecular weight excluding hydrogens is 648 g/mol. The maximum atomic E-state index is 13.9. The number of carbonyl (C=O) groups excluding carboxylic acids is 3. The quantitative estimate of drug-likeness (QED) is 0.273. The van der Waals surface area contributed by atoms with E-state index in [-0.39, 0.29) is 79.1 Å². The number of anilines is 1. The molecule has 1 aromatic carbocycles. The summed E-state index contributed by atoms with van der Waals surface area (Å²) in [5.74, 6) is -2.23. The molecule has 5 saturated carbocycles. The Labute approximate surface area is 293 Å². The number of nitrogens with one attached hydrogen (secondary N) is 1. The molecule has 6 fully saturated rings. The second kappa shape index (κ2) is 12.8. The molecule has 1 heterocycles. The lowest BCUT2D eigenvalue weighted by Gasteiger charge is -2.70. The summed E-state index contributed by atoms with van der Waals surface area (Å²) in [6.45, 7) is 3.25. The van der Waals surface area contributed by atoms with E-state index in [4.69, 9.17) is 23.7 Å². The Balaban J connectivity index is 1.27. The first-order valence-electron chi connectivity index (χ1n) is 17.9. The number of carbonyl (C=O) groups is 3. The molecule has 7 rings (SSSR count). The number of fused-ring (bicyclic) bond motifs is 2. The standard InChI is InChI=1S/C37H52N2O11/c1-7-39-18-34(19-50-32(42)20-10-8-9-11-23(20)38-26(40)12-13-27(41)47-4)15-14-25(46-3)36-22-16-21-24(45-2)17-35(43,28(22)29(21)48-5)37(44,33(36)39)31(49-6)30(34)36/h8-11,21-22,24-25,28-31,33,43-44H,7,12-19H2,1-6H3,(H,38,40)/t21?,22-,24+,25?,28-,29+,30-,31+,33?,34+,35-,36?,37?/m1/s1. The van der Waals surface area contributed by atoms with Gasteiger partial charge in [-0.05, 0) is 43.9 Å². The van der Waals surface area contributed by atoms with E-state index in [0.717, 1.165) is 6.42 Å². The van der Waals surface area contributed by atoms with Crippen molar-refractivity contribution in [3.8, 4) is 0 Å². The summed E-state index contributed by atoms with van der Waals surface area (Å²) in [6, 6.07) is 6.17. The molecule has 7 bridgehead atoms. The lowest BCUT2D eigenvalue weighted by Crippen LogP contribution is -2.82. The Bertz CT molecular complexity index is 1510. The fraction of sp³-hybridized carbons (Fsp3) is 0.757. The highest BCUT2D eigenvalue weighted by Gasteiger charge is 2.91. The predicted molar refractivity (Wildman–Crippen MR) is 178 cm³/mol. The number of hydrogen-bond donors (Lipinski definition) is 3. The molecule has 1 spiro atoms. The van der Waals surface area contributed by atoms with Gasteiger partial charge in [0, 0.05) is 76.4 Å². The lowest BCUT2D eigenvalue weighted by atomic mass is 9.42. The van der Waals surface area contributed by atoms with Gasteiger partial charge in [0.1, 0.15) is 11.2 Å². The van der Waals surface area contributed by atoms with Crippen molar-refractivity contribution in [3.05, 3.63) is 29.8 Å². The summed E-state index contributed by atoms with van der Waals surface area (Å²) in [5, 5.41) is 29.3. The van der Waals surface area contributed by atoms with Crippen LogP contribution in [0, 0.1) is 34.5 Å². The third-order valence-corrected chi connectivity index (χ3v) is 14.0. The Hall–Kier alpha value is -2.65. The van der Waals surface area contributed by atoms with Crippen molar-refractivity contribution in [1.82, 2.24) is 4.90 Å². The van der Waals surface area contributed by atoms with E-state index in [1.54, 1.807) is 52.7 Å². The van der Waals surface area contributed by atoms with Gasteiger partial charge in [-0.2, -0.15) is 0 Å². The second-order valence-corrected chi connectivity index (χ2v) is 15.4. The molecule has 1 saturated heterocycles. The first-order valence-corrected chi connectivity index (χ1v) is 17.9. The largest absolute Gasteiger partial charge is 0.469 e. The number of rotatable bonds is 12. The molecule has 0 radical (unpaired) electrons. The average molecular weight is 701 g/mol. The molecule has 5 aliphatic carbocycles. The lowest BCUT2D eigenvalue weighted by molar-refractivity contribution is -0.320. The number of piperidine rings is 1. The van der Waals surface area contributed by atoms with Gasteiger partial charge in [0.05, 0.1) is 61.8 Å². The van der Waals surface area contributed by atoms with Crippen LogP contribution in [-0.2, 0) is 38.0 Å². The number of ether oxygens (including phenoxy) is 6. The SMILES string of the molecule is CCN1C[C@]2(COC(=O)c3ccccc3NC(=O)CCC(=O)OC)CCC(OC)C34C1C(O)([C@@H](OC)[C@@H]32)[C@@]1(O)C[C@H](OC)C2C[C@@H]4[C@@H]1[C@H]2OC. The average Bonchev–Trinajstić information content (AvgIpc) is 3.54. The van der Waals surface area contributed by atoms with Crippen LogP contribution >= 0.6 is 0 Å². The van der Waals surface area contributed by atoms with Crippen LogP contribution in [0.1, 0.15) is 55.8 Å². The van der Waals surface area contributed by atoms with Crippen LogP contribution in [0.3, 0.4) is 0 Å². The van der Waals surface area contributed by atoms with Crippen LogP contribution in [-0.4, -0.2) is 130 Å². The molecule has 5 unspecified atom stereocenters. The highest BCUT2D eigenvalue weighted by molar-refractivity contribution is 6.01. The molecule has 13 heteroatoms. The summed E-state index contributed by atoms with van der Waals surface area (Å²) >= 11 is 0. The number of aliphatic hydroxyl groups is 2. The Morgan fingerprint density at radius 2 is 1.76 bits per heavy atom. The number of methoxy groups -OCH3 is 5. The van der Waals surface area contributed by atoms with Gasteiger partial charge >= 0.3 is 11.9 Å². The van der Waals surface area contributed by atoms with Crippen molar-refractivity contribution in [3.63, 3.8) is 0 Å². The zero-order valence-electron chi connectivity index (χ0n) is 29.9. The Morgan fingerprint density at radius 3 is 2.42 bits per heavy atom.